The number of nitrogens with one attached hydrogen (secondary N) is 1. The molecule has 1 aromatic heterocycles. The number of alkyl halides is 3. The maximum Gasteiger partial charge on any atom is 0.573 e. The summed E-state index contributed by atoms with van der Waals surface area (Å²) in [5.74, 6) is -0.425. The number of fused-ring (bicyclic) bond motifs is 2. The fraction of sp³-hybridized carbons (Fsp3) is 0.364. The van der Waals surface area contributed by atoms with Gasteiger partial charge in [-0.15, -0.1) is 13.2 Å². The van der Waals surface area contributed by atoms with E-state index in [0.717, 1.165) is 17.0 Å². The van der Waals surface area contributed by atoms with Crippen LogP contribution < -0.4 is 4.74 Å². The first kappa shape index (κ1) is 22.0. The third-order valence-corrected chi connectivity index (χ3v) is 6.10. The Hall–Kier alpha value is -3.83. The number of rotatable bonds is 3. The Balaban J connectivity index is 1.15. The van der Waals surface area contributed by atoms with Crippen molar-refractivity contribution in [1.82, 2.24) is 30.1 Å². The van der Waals surface area contributed by atoms with E-state index in [1.165, 1.54) is 30.3 Å². The molecule has 5 rings (SSSR count). The molecule has 1 N–H and O–H groups in total. The number of carbonyl (C=O) groups is 2. The number of urea groups is 1. The van der Waals surface area contributed by atoms with E-state index in [1.807, 2.05) is 6.20 Å². The number of likely N-dealkylation sites (tertiary alicyclic amines) is 1. The summed E-state index contributed by atoms with van der Waals surface area (Å²) in [6.07, 6.45) is 0.698. The summed E-state index contributed by atoms with van der Waals surface area (Å²) < 4.78 is 40.6. The number of carbonyl (C=O) groups excluding carboxylic acids is 2. The molecule has 12 heteroatoms. The summed E-state index contributed by atoms with van der Waals surface area (Å²) >= 11 is 0. The molecular formula is C22H21F3N6O3. The zero-order valence-electron chi connectivity index (χ0n) is 18.0. The summed E-state index contributed by atoms with van der Waals surface area (Å²) in [6.45, 7) is 2.47. The summed E-state index contributed by atoms with van der Waals surface area (Å²) in [7, 11) is 0. The van der Waals surface area contributed by atoms with Gasteiger partial charge in [-0.1, -0.05) is 12.1 Å². The smallest absolute Gasteiger partial charge is 0.406 e. The number of H-pyrrole nitrogens is 1. The van der Waals surface area contributed by atoms with Gasteiger partial charge in [-0.05, 0) is 29.3 Å². The normalized spacial score (nSPS) is 19.9. The van der Waals surface area contributed by atoms with Crippen molar-refractivity contribution in [3.05, 3.63) is 59.1 Å². The highest BCUT2D eigenvalue weighted by Crippen LogP contribution is 2.31. The lowest BCUT2D eigenvalue weighted by atomic mass is 10.1. The van der Waals surface area contributed by atoms with E-state index < -0.39 is 6.36 Å². The third kappa shape index (κ3) is 4.61. The number of nitrogens with zero attached hydrogens (tertiary/aromatic N) is 5. The summed E-state index contributed by atoms with van der Waals surface area (Å²) in [4.78, 5) is 30.7. The Kier molecular flexibility index (Phi) is 5.50. The third-order valence-electron chi connectivity index (χ3n) is 6.10. The van der Waals surface area contributed by atoms with E-state index in [4.69, 9.17) is 0 Å². The van der Waals surface area contributed by atoms with Crippen LogP contribution in [0.2, 0.25) is 0 Å². The maximum atomic E-state index is 12.9. The molecule has 0 saturated carbocycles. The first-order valence-corrected chi connectivity index (χ1v) is 10.7. The van der Waals surface area contributed by atoms with Gasteiger partial charge in [-0.25, -0.2) is 4.79 Å². The van der Waals surface area contributed by atoms with E-state index in [-0.39, 0.29) is 23.6 Å². The Labute approximate surface area is 192 Å². The average Bonchev–Trinajstić information content (AvgIpc) is 3.51. The molecular weight excluding hydrogens is 453 g/mol. The topological polar surface area (TPSA) is 94.7 Å². The highest BCUT2D eigenvalue weighted by molar-refractivity contribution is 5.92. The second kappa shape index (κ2) is 8.50. The van der Waals surface area contributed by atoms with Gasteiger partial charge in [-0.3, -0.25) is 4.79 Å². The fourth-order valence-corrected chi connectivity index (χ4v) is 4.41. The monoisotopic (exact) mass is 474 g/mol. The molecule has 1 aromatic carbocycles. The molecule has 0 bridgehead atoms. The lowest BCUT2D eigenvalue weighted by molar-refractivity contribution is -0.274. The van der Waals surface area contributed by atoms with Crippen LogP contribution in [0, 0.1) is 5.92 Å². The van der Waals surface area contributed by atoms with Crippen LogP contribution in [0.5, 0.6) is 5.75 Å². The van der Waals surface area contributed by atoms with Crippen LogP contribution in [-0.4, -0.2) is 74.6 Å². The number of aromatic amines is 1. The van der Waals surface area contributed by atoms with Gasteiger partial charge < -0.3 is 19.4 Å². The van der Waals surface area contributed by atoms with Gasteiger partial charge in [-0.2, -0.15) is 15.4 Å². The average molecular weight is 474 g/mol. The molecule has 0 radical (unpaired) electrons. The lowest BCUT2D eigenvalue weighted by Crippen LogP contribution is -2.43. The minimum atomic E-state index is -4.75. The Morgan fingerprint density at radius 2 is 1.82 bits per heavy atom. The van der Waals surface area contributed by atoms with Crippen LogP contribution >= 0.6 is 0 Å². The van der Waals surface area contributed by atoms with Crippen molar-refractivity contribution >= 4 is 18.0 Å². The zero-order valence-corrected chi connectivity index (χ0v) is 18.0. The fourth-order valence-electron chi connectivity index (χ4n) is 4.41. The van der Waals surface area contributed by atoms with Crippen molar-refractivity contribution in [1.29, 1.82) is 0 Å². The van der Waals surface area contributed by atoms with E-state index in [9.17, 15) is 22.8 Å². The SMILES string of the molecule is O=C(C=Cc1ccc(OC(F)(F)F)cc1)N1CC2=CN(C(=O)N3CCc4n[nH]nc4C3)C[C@@H]2C1. The van der Waals surface area contributed by atoms with Crippen LogP contribution in [-0.2, 0) is 17.8 Å². The van der Waals surface area contributed by atoms with E-state index in [2.05, 4.69) is 20.1 Å². The van der Waals surface area contributed by atoms with Crippen molar-refractivity contribution in [2.45, 2.75) is 19.3 Å². The van der Waals surface area contributed by atoms with Crippen molar-refractivity contribution in [3.8, 4) is 5.75 Å². The number of amides is 3. The first-order chi connectivity index (χ1) is 16.2. The first-order valence-electron chi connectivity index (χ1n) is 10.7. The predicted molar refractivity (Wildman–Crippen MR) is 113 cm³/mol. The van der Waals surface area contributed by atoms with E-state index in [0.29, 0.717) is 44.7 Å². The van der Waals surface area contributed by atoms with Crippen LogP contribution in [0.1, 0.15) is 17.0 Å². The Bertz CT molecular complexity index is 1160. The number of benzene rings is 1. The Morgan fingerprint density at radius 1 is 1.06 bits per heavy atom. The van der Waals surface area contributed by atoms with Gasteiger partial charge >= 0.3 is 12.4 Å². The standard InChI is InChI=1S/C22H21F3N6O3/c23-22(24,25)34-17-4-1-14(2-5-17)3-6-20(32)30-9-15-11-31(12-16(15)10-30)21(33)29-8-7-18-19(13-29)27-28-26-18/h1-6,11,16H,7-10,12-13H2,(H,26,27,28)/t16-/m0/s1. The van der Waals surface area contributed by atoms with Crippen LogP contribution in [0.4, 0.5) is 18.0 Å². The highest BCUT2D eigenvalue weighted by atomic mass is 19.4. The molecule has 34 heavy (non-hydrogen) atoms. The van der Waals surface area contributed by atoms with Crippen LogP contribution in [0.25, 0.3) is 6.08 Å². The summed E-state index contributed by atoms with van der Waals surface area (Å²) in [5.41, 5.74) is 3.30. The van der Waals surface area contributed by atoms with Crippen molar-refractivity contribution in [2.75, 3.05) is 26.2 Å². The maximum absolute atomic E-state index is 12.9. The number of ether oxygens (including phenoxy) is 1. The molecule has 3 aliphatic rings. The van der Waals surface area contributed by atoms with Gasteiger partial charge in [0, 0.05) is 50.8 Å². The van der Waals surface area contributed by atoms with Crippen molar-refractivity contribution in [2.24, 2.45) is 5.92 Å². The van der Waals surface area contributed by atoms with Crippen molar-refractivity contribution in [3.63, 3.8) is 0 Å². The van der Waals surface area contributed by atoms with Crippen LogP contribution in [0.3, 0.4) is 0 Å². The molecule has 1 fully saturated rings. The summed E-state index contributed by atoms with van der Waals surface area (Å²) in [6, 6.07) is 5.20. The van der Waals surface area contributed by atoms with Gasteiger partial charge in [0.15, 0.2) is 0 Å². The van der Waals surface area contributed by atoms with Crippen molar-refractivity contribution < 1.29 is 27.5 Å². The molecule has 0 spiro atoms. The zero-order chi connectivity index (χ0) is 23.9. The number of halogens is 3. The van der Waals surface area contributed by atoms with Gasteiger partial charge in [0.2, 0.25) is 5.91 Å². The lowest BCUT2D eigenvalue weighted by Gasteiger charge is -2.29. The minimum absolute atomic E-state index is 0.0775. The quantitative estimate of drug-likeness (QED) is 0.690. The second-order valence-electron chi connectivity index (χ2n) is 8.39. The molecule has 9 nitrogen and oxygen atoms in total. The second-order valence-corrected chi connectivity index (χ2v) is 8.39. The van der Waals surface area contributed by atoms with Crippen LogP contribution in [0.15, 0.2) is 42.1 Å². The minimum Gasteiger partial charge on any atom is -0.406 e. The molecule has 3 amide bonds. The molecule has 0 aliphatic carbocycles. The number of aromatic nitrogens is 3. The van der Waals surface area contributed by atoms with Gasteiger partial charge in [0.1, 0.15) is 11.4 Å². The molecule has 178 valence electrons. The van der Waals surface area contributed by atoms with E-state index in [1.54, 1.807) is 20.8 Å². The molecule has 2 aromatic rings. The number of hydrogen-bond acceptors (Lipinski definition) is 5. The molecule has 0 unspecified atom stereocenters. The largest absolute Gasteiger partial charge is 0.573 e. The molecule has 4 heterocycles. The highest BCUT2D eigenvalue weighted by Gasteiger charge is 2.38. The van der Waals surface area contributed by atoms with E-state index >= 15 is 0 Å². The predicted octanol–water partition coefficient (Wildman–Crippen LogP) is 2.55. The number of hydrogen-bond donors (Lipinski definition) is 1. The molecule has 1 saturated heterocycles. The Morgan fingerprint density at radius 3 is 2.56 bits per heavy atom. The molecule has 3 aliphatic heterocycles. The summed E-state index contributed by atoms with van der Waals surface area (Å²) in [5, 5.41) is 10.8. The molecule has 1 atom stereocenters. The van der Waals surface area contributed by atoms with Gasteiger partial charge in [0.05, 0.1) is 12.2 Å². The van der Waals surface area contributed by atoms with Gasteiger partial charge in [0.25, 0.3) is 0 Å².